The zero-order chi connectivity index (χ0) is 13.8. The van der Waals surface area contributed by atoms with E-state index in [0.717, 1.165) is 10.0 Å². The molecule has 0 aliphatic rings. The van der Waals surface area contributed by atoms with Gasteiger partial charge in [0, 0.05) is 4.47 Å². The molecule has 0 heterocycles. The Kier molecular flexibility index (Phi) is 4.71. The number of nitrogens with zero attached hydrogens (tertiary/aromatic N) is 1. The highest BCUT2D eigenvalue weighted by Crippen LogP contribution is 2.34. The largest absolute Gasteiger partial charge is 0.486 e. The second kappa shape index (κ2) is 6.29. The molecule has 19 heavy (non-hydrogen) atoms. The molecule has 2 aromatic rings. The molecular formula is C14H8BrCl2NO. The van der Waals surface area contributed by atoms with E-state index in [-0.39, 0.29) is 0 Å². The summed E-state index contributed by atoms with van der Waals surface area (Å²) >= 11 is 15.4. The molecule has 0 unspecified atom stereocenters. The van der Waals surface area contributed by atoms with Gasteiger partial charge in [-0.2, -0.15) is 5.26 Å². The van der Waals surface area contributed by atoms with Crippen molar-refractivity contribution in [3.63, 3.8) is 0 Å². The zero-order valence-electron chi connectivity index (χ0n) is 9.66. The molecule has 0 aliphatic heterocycles. The van der Waals surface area contributed by atoms with E-state index in [2.05, 4.69) is 15.9 Å². The van der Waals surface area contributed by atoms with Gasteiger partial charge in [0.2, 0.25) is 0 Å². The molecule has 0 aliphatic carbocycles. The third-order valence-electron chi connectivity index (χ3n) is 2.42. The van der Waals surface area contributed by atoms with Crippen LogP contribution in [-0.4, -0.2) is 0 Å². The SMILES string of the molecule is N#Cc1cc(Cl)c(OCc2ccc(Br)cc2)c(Cl)c1. The van der Waals surface area contributed by atoms with Crippen LogP contribution in [0, 0.1) is 11.3 Å². The lowest BCUT2D eigenvalue weighted by Crippen LogP contribution is -1.97. The summed E-state index contributed by atoms with van der Waals surface area (Å²) in [6.07, 6.45) is 0. The molecule has 0 N–H and O–H groups in total. The lowest BCUT2D eigenvalue weighted by Gasteiger charge is -2.10. The molecule has 0 fully saturated rings. The van der Waals surface area contributed by atoms with Crippen molar-refractivity contribution in [3.8, 4) is 11.8 Å². The fourth-order valence-corrected chi connectivity index (χ4v) is 2.36. The Bertz CT molecular complexity index is 612. The van der Waals surface area contributed by atoms with Gasteiger partial charge in [0.05, 0.1) is 21.7 Å². The monoisotopic (exact) mass is 355 g/mol. The summed E-state index contributed by atoms with van der Waals surface area (Å²) < 4.78 is 6.61. The lowest BCUT2D eigenvalue weighted by atomic mass is 10.2. The molecule has 0 radical (unpaired) electrons. The van der Waals surface area contributed by atoms with Crippen LogP contribution in [-0.2, 0) is 6.61 Å². The third kappa shape index (κ3) is 3.63. The van der Waals surface area contributed by atoms with Gasteiger partial charge in [-0.15, -0.1) is 0 Å². The molecule has 2 nitrogen and oxygen atoms in total. The highest BCUT2D eigenvalue weighted by atomic mass is 79.9. The van der Waals surface area contributed by atoms with Crippen molar-refractivity contribution in [3.05, 3.63) is 62.0 Å². The molecule has 0 saturated heterocycles. The number of hydrogen-bond donors (Lipinski definition) is 0. The van der Waals surface area contributed by atoms with Crippen molar-refractivity contribution in [2.24, 2.45) is 0 Å². The van der Waals surface area contributed by atoms with E-state index in [9.17, 15) is 0 Å². The van der Waals surface area contributed by atoms with Crippen LogP contribution < -0.4 is 4.74 Å². The van der Waals surface area contributed by atoms with E-state index in [1.165, 1.54) is 12.1 Å². The average Bonchev–Trinajstić information content (AvgIpc) is 2.39. The Morgan fingerprint density at radius 3 is 2.21 bits per heavy atom. The Morgan fingerprint density at radius 2 is 1.68 bits per heavy atom. The summed E-state index contributed by atoms with van der Waals surface area (Å²) in [6, 6.07) is 12.8. The third-order valence-corrected chi connectivity index (χ3v) is 3.51. The first-order valence-corrected chi connectivity index (χ1v) is 6.91. The molecule has 0 saturated carbocycles. The summed E-state index contributed by atoms with van der Waals surface area (Å²) in [5.74, 6) is 0.394. The van der Waals surface area contributed by atoms with E-state index in [0.29, 0.717) is 28.0 Å². The maximum Gasteiger partial charge on any atom is 0.157 e. The summed E-state index contributed by atoms with van der Waals surface area (Å²) in [7, 11) is 0. The van der Waals surface area contributed by atoms with Gasteiger partial charge in [-0.3, -0.25) is 0 Å². The van der Waals surface area contributed by atoms with Crippen molar-refractivity contribution in [2.75, 3.05) is 0 Å². The first-order chi connectivity index (χ1) is 9.10. The molecule has 0 aromatic heterocycles. The van der Waals surface area contributed by atoms with Crippen LogP contribution in [0.5, 0.6) is 5.75 Å². The Balaban J connectivity index is 2.16. The smallest absolute Gasteiger partial charge is 0.157 e. The summed E-state index contributed by atoms with van der Waals surface area (Å²) in [5.41, 5.74) is 1.41. The molecule has 0 spiro atoms. The number of nitriles is 1. The molecule has 0 amide bonds. The summed E-state index contributed by atoms with van der Waals surface area (Å²) in [5, 5.41) is 9.47. The molecule has 0 atom stereocenters. The van der Waals surface area contributed by atoms with Crippen LogP contribution in [0.15, 0.2) is 40.9 Å². The van der Waals surface area contributed by atoms with Gasteiger partial charge in [0.15, 0.2) is 5.75 Å². The van der Waals surface area contributed by atoms with Crippen molar-refractivity contribution in [1.82, 2.24) is 0 Å². The van der Waals surface area contributed by atoms with Gasteiger partial charge in [-0.25, -0.2) is 0 Å². The summed E-state index contributed by atoms with van der Waals surface area (Å²) in [4.78, 5) is 0. The van der Waals surface area contributed by atoms with Crippen LogP contribution in [0.1, 0.15) is 11.1 Å². The molecule has 96 valence electrons. The Morgan fingerprint density at radius 1 is 1.11 bits per heavy atom. The van der Waals surface area contributed by atoms with Crippen LogP contribution in [0.25, 0.3) is 0 Å². The average molecular weight is 357 g/mol. The normalized spacial score (nSPS) is 10.0. The van der Waals surface area contributed by atoms with Crippen molar-refractivity contribution in [1.29, 1.82) is 5.26 Å². The first kappa shape index (κ1) is 14.2. The molecular weight excluding hydrogens is 349 g/mol. The topological polar surface area (TPSA) is 33.0 Å². The number of ether oxygens (including phenoxy) is 1. The van der Waals surface area contributed by atoms with E-state index < -0.39 is 0 Å². The van der Waals surface area contributed by atoms with Gasteiger partial charge < -0.3 is 4.74 Å². The van der Waals surface area contributed by atoms with E-state index in [4.69, 9.17) is 33.2 Å². The van der Waals surface area contributed by atoms with Crippen molar-refractivity contribution >= 4 is 39.1 Å². The second-order valence-corrected chi connectivity index (χ2v) is 5.53. The fourth-order valence-electron chi connectivity index (χ4n) is 1.50. The minimum Gasteiger partial charge on any atom is -0.486 e. The van der Waals surface area contributed by atoms with Gasteiger partial charge in [0.1, 0.15) is 6.61 Å². The molecule has 0 bridgehead atoms. The predicted molar refractivity (Wildman–Crippen MR) is 79.7 cm³/mol. The minimum absolute atomic E-state index is 0.334. The van der Waals surface area contributed by atoms with E-state index in [1.807, 2.05) is 30.3 Å². The number of benzene rings is 2. The van der Waals surface area contributed by atoms with Gasteiger partial charge >= 0.3 is 0 Å². The number of halogens is 3. The predicted octanol–water partition coefficient (Wildman–Crippen LogP) is 5.21. The molecule has 2 rings (SSSR count). The van der Waals surface area contributed by atoms with Gasteiger partial charge in [-0.05, 0) is 29.8 Å². The summed E-state index contributed by atoms with van der Waals surface area (Å²) in [6.45, 7) is 0.360. The number of hydrogen-bond acceptors (Lipinski definition) is 2. The van der Waals surface area contributed by atoms with Crippen LogP contribution in [0.2, 0.25) is 10.0 Å². The highest BCUT2D eigenvalue weighted by Gasteiger charge is 2.10. The quantitative estimate of drug-likeness (QED) is 0.756. The Labute approximate surface area is 129 Å². The van der Waals surface area contributed by atoms with Crippen LogP contribution in [0.4, 0.5) is 0 Å². The maximum atomic E-state index is 8.80. The first-order valence-electron chi connectivity index (χ1n) is 5.36. The van der Waals surface area contributed by atoms with Crippen LogP contribution >= 0.6 is 39.1 Å². The highest BCUT2D eigenvalue weighted by molar-refractivity contribution is 9.10. The zero-order valence-corrected chi connectivity index (χ0v) is 12.8. The van der Waals surface area contributed by atoms with E-state index in [1.54, 1.807) is 0 Å². The number of rotatable bonds is 3. The van der Waals surface area contributed by atoms with Gasteiger partial charge in [0.25, 0.3) is 0 Å². The minimum atomic E-state index is 0.334. The van der Waals surface area contributed by atoms with Crippen molar-refractivity contribution < 1.29 is 4.74 Å². The standard InChI is InChI=1S/C14H8BrCl2NO/c15-11-3-1-9(2-4-11)8-19-14-12(16)5-10(7-18)6-13(14)17/h1-6H,8H2. The van der Waals surface area contributed by atoms with Crippen LogP contribution in [0.3, 0.4) is 0 Å². The van der Waals surface area contributed by atoms with Gasteiger partial charge in [-0.1, -0.05) is 51.3 Å². The van der Waals surface area contributed by atoms with E-state index >= 15 is 0 Å². The van der Waals surface area contributed by atoms with Crippen molar-refractivity contribution in [2.45, 2.75) is 6.61 Å². The second-order valence-electron chi connectivity index (χ2n) is 3.80. The Hall–Kier alpha value is -1.21. The maximum absolute atomic E-state index is 8.80. The lowest BCUT2D eigenvalue weighted by molar-refractivity contribution is 0.306. The molecule has 2 aromatic carbocycles. The molecule has 5 heteroatoms. The fraction of sp³-hybridized carbons (Fsp3) is 0.0714.